The molecule has 2 amide bonds. The second-order valence-electron chi connectivity index (χ2n) is 12.7. The molecule has 6 rings (SSSR count). The Hall–Kier alpha value is -4.62. The lowest BCUT2D eigenvalue weighted by Gasteiger charge is -2.27. The summed E-state index contributed by atoms with van der Waals surface area (Å²) in [6.07, 6.45) is 0.189. The lowest BCUT2D eigenvalue weighted by molar-refractivity contribution is -0.0949. The van der Waals surface area contributed by atoms with E-state index in [0.717, 1.165) is 30.9 Å². The fourth-order valence-electron chi connectivity index (χ4n) is 5.59. The van der Waals surface area contributed by atoms with Crippen molar-refractivity contribution in [2.24, 2.45) is 10.3 Å². The first-order valence-electron chi connectivity index (χ1n) is 14.7. The summed E-state index contributed by atoms with van der Waals surface area (Å²) in [5.41, 5.74) is 0.353. The number of allylic oxidation sites excluding steroid dienone is 1. The number of aryl methyl sites for hydroxylation is 1. The fourth-order valence-corrected chi connectivity index (χ4v) is 5.59. The van der Waals surface area contributed by atoms with Gasteiger partial charge in [-0.25, -0.2) is 14.1 Å². The number of hydrogen-bond acceptors (Lipinski definition) is 7. The van der Waals surface area contributed by atoms with Crippen molar-refractivity contribution in [2.45, 2.75) is 83.6 Å². The molecule has 0 bridgehead atoms. The largest absolute Gasteiger partial charge is 0.435 e. The zero-order valence-corrected chi connectivity index (χ0v) is 25.2. The number of anilines is 1. The summed E-state index contributed by atoms with van der Waals surface area (Å²) in [5, 5.41) is 18.9. The van der Waals surface area contributed by atoms with Crippen molar-refractivity contribution in [1.82, 2.24) is 25.1 Å². The van der Waals surface area contributed by atoms with Crippen LogP contribution in [0, 0.1) is 12.7 Å². The normalized spacial score (nSPS) is 18.0. The van der Waals surface area contributed by atoms with E-state index in [1.54, 1.807) is 33.9 Å². The number of pyridine rings is 1. The Morgan fingerprint density at radius 2 is 1.84 bits per heavy atom. The summed E-state index contributed by atoms with van der Waals surface area (Å²) in [5.74, 6) is -1.14. The Kier molecular flexibility index (Phi) is 7.48. The number of carbonyl (C=O) groups is 2. The van der Waals surface area contributed by atoms with Gasteiger partial charge in [-0.15, -0.1) is 5.11 Å². The van der Waals surface area contributed by atoms with E-state index in [2.05, 4.69) is 31.1 Å². The van der Waals surface area contributed by atoms with Gasteiger partial charge in [0.1, 0.15) is 11.5 Å². The van der Waals surface area contributed by atoms with Crippen LogP contribution in [0.1, 0.15) is 90.0 Å². The summed E-state index contributed by atoms with van der Waals surface area (Å²) in [7, 11) is 0. The van der Waals surface area contributed by atoms with Crippen LogP contribution in [-0.4, -0.2) is 49.3 Å². The van der Waals surface area contributed by atoms with Crippen LogP contribution < -0.4 is 10.6 Å². The molecule has 3 heterocycles. The highest BCUT2D eigenvalue weighted by molar-refractivity contribution is 6.09. The quantitative estimate of drug-likeness (QED) is 0.290. The topological polar surface area (TPSA) is 117 Å². The van der Waals surface area contributed by atoms with Gasteiger partial charge in [0.25, 0.3) is 11.8 Å². The smallest absolute Gasteiger partial charge is 0.347 e. The van der Waals surface area contributed by atoms with E-state index in [9.17, 15) is 27.2 Å². The van der Waals surface area contributed by atoms with Crippen LogP contribution in [0.2, 0.25) is 0 Å². The molecule has 0 spiro atoms. The third-order valence-electron chi connectivity index (χ3n) is 8.00. The first kappa shape index (κ1) is 30.4. The van der Waals surface area contributed by atoms with E-state index in [1.165, 1.54) is 21.8 Å². The molecule has 236 valence electrons. The predicted octanol–water partition coefficient (Wildman–Crippen LogP) is 6.53. The van der Waals surface area contributed by atoms with Gasteiger partial charge in [0.2, 0.25) is 0 Å². The molecule has 1 aliphatic heterocycles. The van der Waals surface area contributed by atoms with Crippen molar-refractivity contribution in [2.75, 3.05) is 5.32 Å². The van der Waals surface area contributed by atoms with Crippen LogP contribution in [0.15, 0.2) is 58.1 Å². The van der Waals surface area contributed by atoms with Gasteiger partial charge in [0, 0.05) is 11.7 Å². The van der Waals surface area contributed by atoms with Gasteiger partial charge in [-0.2, -0.15) is 18.3 Å². The van der Waals surface area contributed by atoms with E-state index >= 15 is 0 Å². The van der Waals surface area contributed by atoms with Crippen LogP contribution in [0.3, 0.4) is 0 Å². The summed E-state index contributed by atoms with van der Waals surface area (Å²) in [4.78, 5) is 31.7. The van der Waals surface area contributed by atoms with Crippen LogP contribution in [0.25, 0.3) is 5.82 Å². The number of benzene rings is 1. The first-order valence-corrected chi connectivity index (χ1v) is 14.7. The van der Waals surface area contributed by atoms with E-state index in [1.807, 2.05) is 12.1 Å². The van der Waals surface area contributed by atoms with Gasteiger partial charge < -0.3 is 10.6 Å². The Labute approximate surface area is 256 Å². The average Bonchev–Trinajstić information content (AvgIpc) is 3.60. The standard InChI is InChI=1S/C31H32F4N8O2/c1-16-11-18(32)12-22(28(44)38-30(2,3)4)25(16)37-29(45)24-13-19(15-42-23-14-21(23)26(39-41-42)31(33,34)35)40-43(24)27-20(9-6-10-36-27)17-7-5-8-17/h6,9-13,17,23H,5,7-8,14-15H2,1-4H3,(H,37,45)(H,38,44). The number of fused-ring (bicyclic) bond motifs is 1. The van der Waals surface area contributed by atoms with E-state index in [-0.39, 0.29) is 41.4 Å². The molecule has 1 unspecified atom stereocenters. The number of rotatable bonds is 7. The van der Waals surface area contributed by atoms with Crippen LogP contribution in [-0.2, 0) is 6.54 Å². The molecule has 0 radical (unpaired) electrons. The Balaban J connectivity index is 1.36. The van der Waals surface area contributed by atoms with Crippen molar-refractivity contribution in [3.05, 3.63) is 81.7 Å². The number of amides is 2. The fraction of sp³-hybridized carbons (Fsp3) is 0.419. The molecule has 1 aromatic carbocycles. The monoisotopic (exact) mass is 624 g/mol. The first-order chi connectivity index (χ1) is 21.2. The Bertz CT molecular complexity index is 1750. The summed E-state index contributed by atoms with van der Waals surface area (Å²) >= 11 is 0. The molecule has 10 nitrogen and oxygen atoms in total. The maximum Gasteiger partial charge on any atom is 0.435 e. The lowest BCUT2D eigenvalue weighted by Crippen LogP contribution is -2.41. The average molecular weight is 625 g/mol. The zero-order chi connectivity index (χ0) is 32.3. The lowest BCUT2D eigenvalue weighted by atomic mass is 9.80. The van der Waals surface area contributed by atoms with Gasteiger partial charge in [-0.1, -0.05) is 17.7 Å². The van der Waals surface area contributed by atoms with E-state index < -0.39 is 41.1 Å². The summed E-state index contributed by atoms with van der Waals surface area (Å²) in [6, 6.07) is 7.01. The molecule has 2 aliphatic carbocycles. The van der Waals surface area contributed by atoms with Crippen molar-refractivity contribution in [3.63, 3.8) is 0 Å². The minimum Gasteiger partial charge on any atom is -0.347 e. The molecule has 2 saturated carbocycles. The van der Waals surface area contributed by atoms with E-state index in [4.69, 9.17) is 0 Å². The molecule has 2 fully saturated rings. The van der Waals surface area contributed by atoms with Gasteiger partial charge in [-0.3, -0.25) is 14.6 Å². The van der Waals surface area contributed by atoms with Crippen LogP contribution >= 0.6 is 0 Å². The molecule has 2 aromatic heterocycles. The number of aromatic nitrogens is 3. The molecule has 3 aromatic rings. The number of nitrogens with one attached hydrogen (secondary N) is 2. The minimum atomic E-state index is -4.58. The molecular formula is C31H32F4N8O2. The van der Waals surface area contributed by atoms with Gasteiger partial charge in [0.15, 0.2) is 11.5 Å². The van der Waals surface area contributed by atoms with Crippen molar-refractivity contribution < 1.29 is 27.2 Å². The molecule has 0 saturated heterocycles. The molecule has 45 heavy (non-hydrogen) atoms. The van der Waals surface area contributed by atoms with Gasteiger partial charge >= 0.3 is 6.18 Å². The summed E-state index contributed by atoms with van der Waals surface area (Å²) in [6.45, 7) is 6.94. The highest BCUT2D eigenvalue weighted by atomic mass is 19.4. The number of nitrogens with zero attached hydrogens (tertiary/aromatic N) is 6. The van der Waals surface area contributed by atoms with Gasteiger partial charge in [0.05, 0.1) is 29.5 Å². The van der Waals surface area contributed by atoms with Crippen molar-refractivity contribution in [1.29, 1.82) is 0 Å². The third kappa shape index (κ3) is 6.18. The highest BCUT2D eigenvalue weighted by Gasteiger charge is 2.50. The Morgan fingerprint density at radius 1 is 1.09 bits per heavy atom. The molecule has 14 heteroatoms. The molecule has 3 aliphatic rings. The maximum absolute atomic E-state index is 14.5. The maximum atomic E-state index is 14.5. The van der Waals surface area contributed by atoms with Crippen LogP contribution in [0.5, 0.6) is 0 Å². The van der Waals surface area contributed by atoms with Crippen molar-refractivity contribution in [3.8, 4) is 5.82 Å². The number of alkyl halides is 3. The number of halogens is 4. The second kappa shape index (κ2) is 11.1. The zero-order valence-electron chi connectivity index (χ0n) is 25.2. The third-order valence-corrected chi connectivity index (χ3v) is 8.00. The van der Waals surface area contributed by atoms with Gasteiger partial charge in [-0.05, 0) is 93.8 Å². The second-order valence-corrected chi connectivity index (χ2v) is 12.7. The van der Waals surface area contributed by atoms with Crippen molar-refractivity contribution >= 4 is 17.5 Å². The molecule has 1 atom stereocenters. The SMILES string of the molecule is Cc1cc(F)cc(C(=O)NC(C)(C)C)c1NC(=O)c1cc(CN2N=NC(C(F)(F)F)=C3CC32)nn1-c1ncccc1C1CCC1. The number of hydrogen-bond donors (Lipinski definition) is 2. The predicted molar refractivity (Wildman–Crippen MR) is 156 cm³/mol. The van der Waals surface area contributed by atoms with Crippen LogP contribution in [0.4, 0.5) is 23.2 Å². The molecule has 2 N–H and O–H groups in total. The number of carbonyl (C=O) groups excluding carboxylic acids is 2. The van der Waals surface area contributed by atoms with E-state index in [0.29, 0.717) is 17.1 Å². The minimum absolute atomic E-state index is 0.00348. The summed E-state index contributed by atoms with van der Waals surface area (Å²) < 4.78 is 55.7. The molecular weight excluding hydrogens is 592 g/mol. The highest BCUT2D eigenvalue weighted by Crippen LogP contribution is 2.47. The Morgan fingerprint density at radius 3 is 2.51 bits per heavy atom.